The summed E-state index contributed by atoms with van der Waals surface area (Å²) in [7, 11) is 0. The van der Waals surface area contributed by atoms with E-state index in [-0.39, 0.29) is 17.4 Å². The third-order valence-electron chi connectivity index (χ3n) is 3.21. The minimum absolute atomic E-state index is 0.169. The third-order valence-corrected chi connectivity index (χ3v) is 3.21. The molecule has 1 N–H and O–H groups in total. The number of alkyl halides is 2. The average molecular weight is 191 g/mol. The highest BCUT2D eigenvalue weighted by Gasteiger charge is 2.51. The normalized spacial score (nSPS) is 20.8. The topological polar surface area (TPSA) is 12.0 Å². The molecule has 0 bridgehead atoms. The predicted molar refractivity (Wildman–Crippen MR) is 50.0 cm³/mol. The standard InChI is InChI=1S/C10H19F2N/c1-9(2,3)10(4-5-10)7-13-6-8(11)12/h8,13H,4-7H2,1-3H3. The monoisotopic (exact) mass is 191 g/mol. The second kappa shape index (κ2) is 3.52. The molecule has 0 radical (unpaired) electrons. The van der Waals surface area contributed by atoms with Crippen LogP contribution in [0.3, 0.4) is 0 Å². The Bertz CT molecular complexity index is 168. The van der Waals surface area contributed by atoms with Gasteiger partial charge in [0.2, 0.25) is 0 Å². The Labute approximate surface area is 78.9 Å². The first-order valence-electron chi connectivity index (χ1n) is 4.86. The molecule has 0 aromatic heterocycles. The van der Waals surface area contributed by atoms with Crippen LogP contribution in [0.5, 0.6) is 0 Å². The van der Waals surface area contributed by atoms with E-state index in [9.17, 15) is 8.78 Å². The quantitative estimate of drug-likeness (QED) is 0.720. The van der Waals surface area contributed by atoms with Gasteiger partial charge in [-0.1, -0.05) is 20.8 Å². The Hall–Kier alpha value is -0.180. The van der Waals surface area contributed by atoms with E-state index in [1.165, 1.54) is 12.8 Å². The zero-order valence-electron chi connectivity index (χ0n) is 8.66. The molecule has 3 heteroatoms. The van der Waals surface area contributed by atoms with Gasteiger partial charge >= 0.3 is 0 Å². The first-order chi connectivity index (χ1) is 5.87. The predicted octanol–water partition coefficient (Wildman–Crippen LogP) is 2.67. The molecule has 0 aliphatic heterocycles. The van der Waals surface area contributed by atoms with Gasteiger partial charge in [0.05, 0.1) is 6.54 Å². The van der Waals surface area contributed by atoms with Gasteiger partial charge in [-0.05, 0) is 23.7 Å². The zero-order chi connectivity index (χ0) is 10.1. The lowest BCUT2D eigenvalue weighted by Gasteiger charge is -2.31. The van der Waals surface area contributed by atoms with Crippen LogP contribution in [0.25, 0.3) is 0 Å². The first-order valence-corrected chi connectivity index (χ1v) is 4.86. The van der Waals surface area contributed by atoms with Gasteiger partial charge in [0.1, 0.15) is 0 Å². The van der Waals surface area contributed by atoms with Gasteiger partial charge in [0.15, 0.2) is 0 Å². The summed E-state index contributed by atoms with van der Waals surface area (Å²) in [6.45, 7) is 7.12. The van der Waals surface area contributed by atoms with Crippen molar-refractivity contribution in [3.8, 4) is 0 Å². The fourth-order valence-corrected chi connectivity index (χ4v) is 1.76. The van der Waals surface area contributed by atoms with E-state index in [4.69, 9.17) is 0 Å². The molecular formula is C10H19F2N. The van der Waals surface area contributed by atoms with E-state index >= 15 is 0 Å². The average Bonchev–Trinajstić information content (AvgIpc) is 2.65. The molecule has 0 amide bonds. The SMILES string of the molecule is CC(C)(C)C1(CNCC(F)F)CC1. The summed E-state index contributed by atoms with van der Waals surface area (Å²) in [5.41, 5.74) is 0.518. The Kier molecular flexibility index (Phi) is 2.95. The largest absolute Gasteiger partial charge is 0.311 e. The maximum Gasteiger partial charge on any atom is 0.250 e. The van der Waals surface area contributed by atoms with Crippen molar-refractivity contribution in [2.24, 2.45) is 10.8 Å². The minimum Gasteiger partial charge on any atom is -0.311 e. The van der Waals surface area contributed by atoms with Crippen LogP contribution in [0.1, 0.15) is 33.6 Å². The van der Waals surface area contributed by atoms with Gasteiger partial charge in [-0.15, -0.1) is 0 Å². The summed E-state index contributed by atoms with van der Waals surface area (Å²) in [5.74, 6) is 0. The van der Waals surface area contributed by atoms with Crippen LogP contribution in [0.4, 0.5) is 8.78 Å². The highest BCUT2D eigenvalue weighted by Crippen LogP contribution is 2.57. The summed E-state index contributed by atoms with van der Waals surface area (Å²) >= 11 is 0. The molecular weight excluding hydrogens is 172 g/mol. The molecule has 0 aromatic rings. The van der Waals surface area contributed by atoms with E-state index in [0.29, 0.717) is 0 Å². The van der Waals surface area contributed by atoms with Crippen molar-refractivity contribution in [1.82, 2.24) is 5.32 Å². The Morgan fingerprint density at radius 2 is 1.85 bits per heavy atom. The highest BCUT2D eigenvalue weighted by molar-refractivity contribution is 5.02. The summed E-state index contributed by atoms with van der Waals surface area (Å²) in [5, 5.41) is 2.84. The Balaban J connectivity index is 2.29. The lowest BCUT2D eigenvalue weighted by molar-refractivity contribution is 0.133. The van der Waals surface area contributed by atoms with Crippen LogP contribution < -0.4 is 5.32 Å². The van der Waals surface area contributed by atoms with Crippen LogP contribution >= 0.6 is 0 Å². The molecule has 0 saturated heterocycles. The molecule has 1 rings (SSSR count). The Morgan fingerprint density at radius 3 is 2.15 bits per heavy atom. The van der Waals surface area contributed by atoms with Crippen molar-refractivity contribution in [2.45, 2.75) is 40.0 Å². The Morgan fingerprint density at radius 1 is 1.31 bits per heavy atom. The molecule has 1 aliphatic carbocycles. The van der Waals surface area contributed by atoms with Crippen molar-refractivity contribution in [3.63, 3.8) is 0 Å². The summed E-state index contributed by atoms with van der Waals surface area (Å²) in [6, 6.07) is 0. The molecule has 1 aliphatic rings. The molecule has 78 valence electrons. The zero-order valence-corrected chi connectivity index (χ0v) is 8.66. The second-order valence-electron chi connectivity index (χ2n) is 5.05. The summed E-state index contributed by atoms with van der Waals surface area (Å²) in [6.07, 6.45) is 0.121. The molecule has 0 heterocycles. The molecule has 0 aromatic carbocycles. The van der Waals surface area contributed by atoms with Gasteiger partial charge in [0.25, 0.3) is 6.43 Å². The molecule has 1 saturated carbocycles. The van der Waals surface area contributed by atoms with E-state index in [1.54, 1.807) is 0 Å². The molecule has 0 atom stereocenters. The fourth-order valence-electron chi connectivity index (χ4n) is 1.76. The van der Waals surface area contributed by atoms with Crippen molar-refractivity contribution in [1.29, 1.82) is 0 Å². The third kappa shape index (κ3) is 2.63. The maximum atomic E-state index is 11.9. The fraction of sp³-hybridized carbons (Fsp3) is 1.00. The minimum atomic E-state index is -2.23. The summed E-state index contributed by atoms with van der Waals surface area (Å²) in [4.78, 5) is 0. The lowest BCUT2D eigenvalue weighted by Crippen LogP contribution is -2.35. The van der Waals surface area contributed by atoms with E-state index in [2.05, 4.69) is 26.1 Å². The molecule has 13 heavy (non-hydrogen) atoms. The number of hydrogen-bond acceptors (Lipinski definition) is 1. The van der Waals surface area contributed by atoms with Crippen molar-refractivity contribution >= 4 is 0 Å². The number of rotatable bonds is 4. The van der Waals surface area contributed by atoms with E-state index in [1.807, 2.05) is 0 Å². The second-order valence-corrected chi connectivity index (χ2v) is 5.05. The lowest BCUT2D eigenvalue weighted by atomic mass is 9.77. The molecule has 0 spiro atoms. The van der Waals surface area contributed by atoms with Crippen molar-refractivity contribution in [3.05, 3.63) is 0 Å². The molecule has 1 fully saturated rings. The van der Waals surface area contributed by atoms with E-state index < -0.39 is 6.43 Å². The molecule has 1 nitrogen and oxygen atoms in total. The van der Waals surface area contributed by atoms with Crippen molar-refractivity contribution in [2.75, 3.05) is 13.1 Å². The summed E-state index contributed by atoms with van der Waals surface area (Å²) < 4.78 is 23.7. The van der Waals surface area contributed by atoms with Gasteiger partial charge in [-0.25, -0.2) is 8.78 Å². The van der Waals surface area contributed by atoms with Gasteiger partial charge in [-0.3, -0.25) is 0 Å². The number of nitrogens with one attached hydrogen (secondary N) is 1. The molecule has 0 unspecified atom stereocenters. The van der Waals surface area contributed by atoms with Crippen LogP contribution in [0, 0.1) is 10.8 Å². The van der Waals surface area contributed by atoms with Gasteiger partial charge in [-0.2, -0.15) is 0 Å². The number of hydrogen-bond donors (Lipinski definition) is 1. The van der Waals surface area contributed by atoms with Crippen LogP contribution in [-0.4, -0.2) is 19.5 Å². The first kappa shape index (κ1) is 10.9. The van der Waals surface area contributed by atoms with Crippen LogP contribution in [-0.2, 0) is 0 Å². The van der Waals surface area contributed by atoms with Gasteiger partial charge in [0, 0.05) is 6.54 Å². The van der Waals surface area contributed by atoms with Crippen LogP contribution in [0.2, 0.25) is 0 Å². The smallest absolute Gasteiger partial charge is 0.250 e. The number of halogens is 2. The van der Waals surface area contributed by atoms with Crippen molar-refractivity contribution < 1.29 is 8.78 Å². The maximum absolute atomic E-state index is 11.9. The van der Waals surface area contributed by atoms with Gasteiger partial charge < -0.3 is 5.32 Å². The van der Waals surface area contributed by atoms with E-state index in [0.717, 1.165) is 6.54 Å². The van der Waals surface area contributed by atoms with Crippen LogP contribution in [0.15, 0.2) is 0 Å². The highest BCUT2D eigenvalue weighted by atomic mass is 19.3.